The number of hydrogen-bond acceptors (Lipinski definition) is 5. The van der Waals surface area contributed by atoms with Crippen molar-refractivity contribution in [3.8, 4) is 0 Å². The highest BCUT2D eigenvalue weighted by atomic mass is 35.5. The van der Waals surface area contributed by atoms with Crippen LogP contribution >= 0.6 is 36.4 Å². The molecule has 0 amide bonds. The van der Waals surface area contributed by atoms with E-state index in [1.807, 2.05) is 18.2 Å². The molecule has 8 nitrogen and oxygen atoms in total. The van der Waals surface area contributed by atoms with Crippen LogP contribution in [-0.4, -0.2) is 56.3 Å². The molecule has 0 radical (unpaired) electrons. The van der Waals surface area contributed by atoms with Crippen LogP contribution in [-0.2, 0) is 20.6 Å². The minimum absolute atomic E-state index is 0. The summed E-state index contributed by atoms with van der Waals surface area (Å²) in [6.45, 7) is 4.92. The number of hydrogen-bond donors (Lipinski definition) is 0. The maximum atomic E-state index is 12.8. The summed E-state index contributed by atoms with van der Waals surface area (Å²) in [7, 11) is 3.42. The summed E-state index contributed by atoms with van der Waals surface area (Å²) < 4.78 is 4.44. The molecule has 0 aliphatic carbocycles. The van der Waals surface area contributed by atoms with Crippen molar-refractivity contribution in [1.29, 1.82) is 0 Å². The Bertz CT molecular complexity index is 1150. The Morgan fingerprint density at radius 2 is 1.68 bits per heavy atom. The minimum atomic E-state index is -0.315. The van der Waals surface area contributed by atoms with Crippen molar-refractivity contribution < 1.29 is 0 Å². The normalized spacial score (nSPS) is 14.4. The number of piperazine rings is 1. The predicted octanol–water partition coefficient (Wildman–Crippen LogP) is 2.14. The van der Waals surface area contributed by atoms with Crippen molar-refractivity contribution in [3.05, 3.63) is 56.5 Å². The van der Waals surface area contributed by atoms with E-state index in [0.29, 0.717) is 17.7 Å². The lowest BCUT2D eigenvalue weighted by Crippen LogP contribution is -2.47. The molecule has 1 fully saturated rings. The molecule has 1 saturated heterocycles. The molecule has 0 spiro atoms. The third-order valence-electron chi connectivity index (χ3n) is 5.62. The van der Waals surface area contributed by atoms with Gasteiger partial charge >= 0.3 is 5.69 Å². The van der Waals surface area contributed by atoms with Gasteiger partial charge in [0.15, 0.2) is 11.2 Å². The van der Waals surface area contributed by atoms with Gasteiger partial charge in [0.2, 0.25) is 0 Å². The summed E-state index contributed by atoms with van der Waals surface area (Å²) in [5.41, 5.74) is 1.37. The van der Waals surface area contributed by atoms with E-state index in [1.54, 1.807) is 25.0 Å². The van der Waals surface area contributed by atoms with Gasteiger partial charge in [0.1, 0.15) is 0 Å². The molecule has 1 aromatic carbocycles. The van der Waals surface area contributed by atoms with E-state index in [9.17, 15) is 9.59 Å². The number of halogens is 3. The topological polar surface area (TPSA) is 68.3 Å². The number of rotatable bonds is 5. The lowest BCUT2D eigenvalue weighted by atomic mass is 10.2. The second-order valence-electron chi connectivity index (χ2n) is 7.46. The van der Waals surface area contributed by atoms with E-state index < -0.39 is 0 Å². The van der Waals surface area contributed by atoms with Crippen LogP contribution in [0.5, 0.6) is 0 Å². The fourth-order valence-corrected chi connectivity index (χ4v) is 4.22. The molecule has 4 rings (SSSR count). The van der Waals surface area contributed by atoms with Crippen LogP contribution in [0, 0.1) is 0 Å². The van der Waals surface area contributed by atoms with Gasteiger partial charge in [-0.2, -0.15) is 0 Å². The second kappa shape index (κ2) is 10.5. The Balaban J connectivity index is 0.00000171. The van der Waals surface area contributed by atoms with Crippen LogP contribution in [0.2, 0.25) is 5.02 Å². The standard InChI is InChI=1S/C20H25ClN6O2.2ClH/c1-23-14-22-18-17(23)19(28)27(20(29)24(18)2)9-5-8-25-10-12-26(13-11-25)16-7-4-3-6-15(16)21;;/h3-4,6-7,14H,5,8-13H2,1-2H3;2*1H. The molecule has 0 saturated carbocycles. The van der Waals surface area contributed by atoms with Gasteiger partial charge in [0.05, 0.1) is 17.0 Å². The van der Waals surface area contributed by atoms with Crippen molar-refractivity contribution in [2.24, 2.45) is 14.1 Å². The lowest BCUT2D eigenvalue weighted by molar-refractivity contribution is 0.249. The molecule has 1 aliphatic heterocycles. The molecule has 2 aromatic heterocycles. The summed E-state index contributed by atoms with van der Waals surface area (Å²) >= 11 is 6.31. The fraction of sp³-hybridized carbons (Fsp3) is 0.450. The lowest BCUT2D eigenvalue weighted by Gasteiger charge is -2.36. The first-order valence-electron chi connectivity index (χ1n) is 9.80. The molecule has 0 bridgehead atoms. The second-order valence-corrected chi connectivity index (χ2v) is 7.87. The van der Waals surface area contributed by atoms with Gasteiger partial charge in [-0.15, -0.1) is 24.8 Å². The van der Waals surface area contributed by atoms with E-state index in [2.05, 4.69) is 20.9 Å². The quantitative estimate of drug-likeness (QED) is 0.549. The Morgan fingerprint density at radius 1 is 1.00 bits per heavy atom. The van der Waals surface area contributed by atoms with Crippen LogP contribution in [0.3, 0.4) is 0 Å². The summed E-state index contributed by atoms with van der Waals surface area (Å²) in [6.07, 6.45) is 2.30. The fourth-order valence-electron chi connectivity index (χ4n) is 3.97. The number of para-hydroxylation sites is 1. The van der Waals surface area contributed by atoms with Crippen molar-refractivity contribution in [1.82, 2.24) is 23.6 Å². The first kappa shape index (κ1) is 25.3. The number of imidazole rings is 1. The molecular formula is C20H27Cl3N6O2. The van der Waals surface area contributed by atoms with Gasteiger partial charge in [-0.3, -0.25) is 18.8 Å². The monoisotopic (exact) mass is 488 g/mol. The van der Waals surface area contributed by atoms with E-state index in [-0.39, 0.29) is 36.1 Å². The van der Waals surface area contributed by atoms with E-state index >= 15 is 0 Å². The van der Waals surface area contributed by atoms with Crippen LogP contribution < -0.4 is 16.1 Å². The van der Waals surface area contributed by atoms with Crippen LogP contribution in [0.4, 0.5) is 5.69 Å². The number of nitrogens with zero attached hydrogens (tertiary/aromatic N) is 6. The zero-order valence-corrected chi connectivity index (χ0v) is 19.9. The summed E-state index contributed by atoms with van der Waals surface area (Å²) in [4.78, 5) is 34.2. The van der Waals surface area contributed by atoms with Gasteiger partial charge in [0.25, 0.3) is 5.56 Å². The smallest absolute Gasteiger partial charge is 0.332 e. The molecule has 0 atom stereocenters. The summed E-state index contributed by atoms with van der Waals surface area (Å²) in [5, 5.41) is 0.779. The number of fused-ring (bicyclic) bond motifs is 1. The van der Waals surface area contributed by atoms with Gasteiger partial charge in [-0.05, 0) is 25.1 Å². The third kappa shape index (κ3) is 4.92. The van der Waals surface area contributed by atoms with Crippen molar-refractivity contribution in [3.63, 3.8) is 0 Å². The van der Waals surface area contributed by atoms with E-state index in [0.717, 1.165) is 49.9 Å². The van der Waals surface area contributed by atoms with Crippen LogP contribution in [0.15, 0.2) is 40.2 Å². The average molecular weight is 490 g/mol. The van der Waals surface area contributed by atoms with Crippen LogP contribution in [0.1, 0.15) is 6.42 Å². The Kier molecular flexibility index (Phi) is 8.59. The molecular weight excluding hydrogens is 463 g/mol. The Hall–Kier alpha value is -2.00. The molecule has 31 heavy (non-hydrogen) atoms. The zero-order chi connectivity index (χ0) is 20.5. The molecule has 3 aromatic rings. The summed E-state index contributed by atoms with van der Waals surface area (Å²) in [6, 6.07) is 7.91. The van der Waals surface area contributed by atoms with Crippen molar-refractivity contribution in [2.75, 3.05) is 37.6 Å². The van der Waals surface area contributed by atoms with Gasteiger partial charge in [-0.1, -0.05) is 23.7 Å². The molecule has 170 valence electrons. The number of aromatic nitrogens is 4. The van der Waals surface area contributed by atoms with Crippen LogP contribution in [0.25, 0.3) is 11.2 Å². The first-order chi connectivity index (χ1) is 14.0. The van der Waals surface area contributed by atoms with Crippen molar-refractivity contribution in [2.45, 2.75) is 13.0 Å². The molecule has 0 N–H and O–H groups in total. The number of anilines is 1. The maximum absolute atomic E-state index is 12.8. The Labute approximate surface area is 197 Å². The number of aryl methyl sites for hydroxylation is 2. The molecule has 0 unspecified atom stereocenters. The maximum Gasteiger partial charge on any atom is 0.332 e. The minimum Gasteiger partial charge on any atom is -0.368 e. The highest BCUT2D eigenvalue weighted by molar-refractivity contribution is 6.33. The average Bonchev–Trinajstić information content (AvgIpc) is 3.12. The number of benzene rings is 1. The predicted molar refractivity (Wildman–Crippen MR) is 129 cm³/mol. The Morgan fingerprint density at radius 3 is 2.35 bits per heavy atom. The van der Waals surface area contributed by atoms with E-state index in [1.165, 1.54) is 9.13 Å². The third-order valence-corrected chi connectivity index (χ3v) is 5.94. The highest BCUT2D eigenvalue weighted by Crippen LogP contribution is 2.25. The SMILES string of the molecule is Cl.Cl.Cn1cnc2c1c(=O)n(CCCN1CCN(c3ccccc3Cl)CC1)c(=O)n2C. The summed E-state index contributed by atoms with van der Waals surface area (Å²) in [5.74, 6) is 0. The van der Waals surface area contributed by atoms with Gasteiger partial charge in [-0.25, -0.2) is 9.78 Å². The first-order valence-corrected chi connectivity index (χ1v) is 10.2. The zero-order valence-electron chi connectivity index (χ0n) is 17.5. The van der Waals surface area contributed by atoms with Crippen molar-refractivity contribution >= 4 is 53.3 Å². The van der Waals surface area contributed by atoms with Gasteiger partial charge in [0, 0.05) is 46.8 Å². The molecule has 1 aliphatic rings. The van der Waals surface area contributed by atoms with Gasteiger partial charge < -0.3 is 9.47 Å². The molecule has 11 heteroatoms. The van der Waals surface area contributed by atoms with E-state index in [4.69, 9.17) is 11.6 Å². The highest BCUT2D eigenvalue weighted by Gasteiger charge is 2.19. The largest absolute Gasteiger partial charge is 0.368 e. The molecule has 3 heterocycles.